The Morgan fingerprint density at radius 3 is 2.90 bits per heavy atom. The molecule has 1 saturated heterocycles. The van der Waals surface area contributed by atoms with Crippen LogP contribution in [-0.4, -0.2) is 30.6 Å². The monoisotopic (exact) mass is 278 g/mol. The summed E-state index contributed by atoms with van der Waals surface area (Å²) in [5.41, 5.74) is 11.3. The van der Waals surface area contributed by atoms with Crippen molar-refractivity contribution in [2.24, 2.45) is 11.1 Å². The molecule has 1 atom stereocenters. The van der Waals surface area contributed by atoms with Gasteiger partial charge in [0, 0.05) is 13.1 Å². The Kier molecular flexibility index (Phi) is 4.01. The van der Waals surface area contributed by atoms with Crippen LogP contribution in [0.3, 0.4) is 0 Å². The van der Waals surface area contributed by atoms with Gasteiger partial charge in [-0.3, -0.25) is 4.79 Å². The first kappa shape index (κ1) is 14.4. The van der Waals surface area contributed by atoms with Crippen molar-refractivity contribution in [2.75, 3.05) is 30.3 Å². The third-order valence-electron chi connectivity index (χ3n) is 3.71. The summed E-state index contributed by atoms with van der Waals surface area (Å²) < 4.78 is 5.53. The van der Waals surface area contributed by atoms with Crippen LogP contribution in [0, 0.1) is 5.41 Å². The van der Waals surface area contributed by atoms with Crippen molar-refractivity contribution in [2.45, 2.75) is 26.7 Å². The number of nitrogen functional groups attached to an aromatic ring is 1. The average molecular weight is 278 g/mol. The number of aromatic nitrogens is 1. The number of nitrogens with two attached hydrogens (primary N) is 2. The van der Waals surface area contributed by atoms with Gasteiger partial charge in [-0.2, -0.15) is 4.98 Å². The van der Waals surface area contributed by atoms with E-state index in [1.54, 1.807) is 6.07 Å². The summed E-state index contributed by atoms with van der Waals surface area (Å²) >= 11 is 0. The fourth-order valence-corrected chi connectivity index (χ4v) is 2.29. The number of anilines is 2. The lowest BCUT2D eigenvalue weighted by Crippen LogP contribution is -2.37. The van der Waals surface area contributed by atoms with E-state index in [-0.39, 0.29) is 5.91 Å². The Bertz CT molecular complexity index is 506. The number of amides is 1. The molecule has 2 rings (SSSR count). The highest BCUT2D eigenvalue weighted by Gasteiger charge is 2.39. The first-order valence-corrected chi connectivity index (χ1v) is 6.90. The second-order valence-electron chi connectivity index (χ2n) is 5.51. The van der Waals surface area contributed by atoms with Gasteiger partial charge in [-0.25, -0.2) is 0 Å². The lowest BCUT2D eigenvalue weighted by molar-refractivity contribution is -0.125. The molecule has 1 amide bonds. The Balaban J connectivity index is 2.16. The van der Waals surface area contributed by atoms with Crippen molar-refractivity contribution in [3.05, 3.63) is 12.1 Å². The highest BCUT2D eigenvalue weighted by atomic mass is 16.5. The van der Waals surface area contributed by atoms with Crippen molar-refractivity contribution < 1.29 is 9.53 Å². The van der Waals surface area contributed by atoms with Gasteiger partial charge >= 0.3 is 0 Å². The van der Waals surface area contributed by atoms with Gasteiger partial charge in [0.15, 0.2) is 0 Å². The van der Waals surface area contributed by atoms with E-state index in [2.05, 4.69) is 4.98 Å². The predicted octanol–water partition coefficient (Wildman–Crippen LogP) is 1.15. The van der Waals surface area contributed by atoms with Crippen LogP contribution in [0.4, 0.5) is 11.5 Å². The number of carbonyl (C=O) groups is 1. The van der Waals surface area contributed by atoms with Gasteiger partial charge in [0.25, 0.3) is 0 Å². The maximum absolute atomic E-state index is 11.5. The molecule has 20 heavy (non-hydrogen) atoms. The predicted molar refractivity (Wildman–Crippen MR) is 78.6 cm³/mol. The molecule has 1 aromatic heterocycles. The molecule has 1 aliphatic heterocycles. The zero-order chi connectivity index (χ0) is 14.8. The molecule has 6 heteroatoms. The lowest BCUT2D eigenvalue weighted by atomic mass is 9.89. The molecular weight excluding hydrogens is 256 g/mol. The summed E-state index contributed by atoms with van der Waals surface area (Å²) in [6.45, 7) is 5.83. The number of ether oxygens (including phenoxy) is 1. The molecule has 4 N–H and O–H groups in total. The van der Waals surface area contributed by atoms with E-state index in [9.17, 15) is 4.79 Å². The quantitative estimate of drug-likeness (QED) is 0.842. The van der Waals surface area contributed by atoms with Gasteiger partial charge in [0.2, 0.25) is 11.8 Å². The van der Waals surface area contributed by atoms with E-state index in [1.807, 2.05) is 24.8 Å². The van der Waals surface area contributed by atoms with Gasteiger partial charge in [0.1, 0.15) is 5.82 Å². The van der Waals surface area contributed by atoms with Crippen LogP contribution in [0.2, 0.25) is 0 Å². The molecule has 0 aliphatic carbocycles. The molecule has 0 radical (unpaired) electrons. The van der Waals surface area contributed by atoms with Crippen LogP contribution in [0.1, 0.15) is 26.7 Å². The molecule has 0 bridgehead atoms. The number of primary amides is 1. The number of pyridine rings is 1. The van der Waals surface area contributed by atoms with Crippen molar-refractivity contribution in [3.8, 4) is 5.88 Å². The van der Waals surface area contributed by atoms with Crippen molar-refractivity contribution in [3.63, 3.8) is 0 Å². The van der Waals surface area contributed by atoms with E-state index in [0.717, 1.165) is 25.2 Å². The first-order valence-electron chi connectivity index (χ1n) is 6.90. The maximum Gasteiger partial charge on any atom is 0.239 e. The van der Waals surface area contributed by atoms with Gasteiger partial charge in [-0.15, -0.1) is 0 Å². The largest absolute Gasteiger partial charge is 0.476 e. The van der Waals surface area contributed by atoms with Crippen molar-refractivity contribution >= 4 is 17.4 Å². The second-order valence-corrected chi connectivity index (χ2v) is 5.51. The summed E-state index contributed by atoms with van der Waals surface area (Å²) in [5.74, 6) is 0.963. The SMILES string of the molecule is CCCOc1nc(N2CCC(C)(C(N)=O)C2)ccc1N. The molecule has 6 nitrogen and oxygen atoms in total. The molecule has 2 heterocycles. The lowest BCUT2D eigenvalue weighted by Gasteiger charge is -2.22. The minimum atomic E-state index is -0.493. The van der Waals surface area contributed by atoms with Crippen molar-refractivity contribution in [1.29, 1.82) is 0 Å². The molecule has 1 unspecified atom stereocenters. The minimum absolute atomic E-state index is 0.266. The van der Waals surface area contributed by atoms with E-state index >= 15 is 0 Å². The smallest absolute Gasteiger partial charge is 0.239 e. The standard InChI is InChI=1S/C14H22N4O2/c1-3-8-20-12-10(15)4-5-11(17-12)18-7-6-14(2,9-18)13(16)19/h4-5H,3,6-9,15H2,1-2H3,(H2,16,19). The Morgan fingerprint density at radius 2 is 2.30 bits per heavy atom. The van der Waals surface area contributed by atoms with E-state index in [1.165, 1.54) is 0 Å². The second kappa shape index (κ2) is 5.56. The topological polar surface area (TPSA) is 94.5 Å². The van der Waals surface area contributed by atoms with E-state index in [4.69, 9.17) is 16.2 Å². The van der Waals surface area contributed by atoms with Crippen LogP contribution in [0.25, 0.3) is 0 Å². The summed E-state index contributed by atoms with van der Waals surface area (Å²) in [6.07, 6.45) is 1.63. The molecule has 1 aromatic rings. The molecule has 0 spiro atoms. The summed E-state index contributed by atoms with van der Waals surface area (Å²) in [7, 11) is 0. The summed E-state index contributed by atoms with van der Waals surface area (Å²) in [5, 5.41) is 0. The van der Waals surface area contributed by atoms with Gasteiger partial charge in [-0.05, 0) is 31.9 Å². The van der Waals surface area contributed by atoms with Gasteiger partial charge < -0.3 is 21.1 Å². The zero-order valence-corrected chi connectivity index (χ0v) is 12.1. The number of nitrogens with zero attached hydrogens (tertiary/aromatic N) is 2. The Morgan fingerprint density at radius 1 is 1.55 bits per heavy atom. The van der Waals surface area contributed by atoms with E-state index in [0.29, 0.717) is 24.7 Å². The molecule has 0 aromatic carbocycles. The minimum Gasteiger partial charge on any atom is -0.476 e. The highest BCUT2D eigenvalue weighted by Crippen LogP contribution is 2.33. The van der Waals surface area contributed by atoms with Crippen LogP contribution < -0.4 is 21.1 Å². The van der Waals surface area contributed by atoms with Crippen LogP contribution >= 0.6 is 0 Å². The maximum atomic E-state index is 11.5. The third-order valence-corrected chi connectivity index (χ3v) is 3.71. The molecular formula is C14H22N4O2. The first-order chi connectivity index (χ1) is 9.46. The van der Waals surface area contributed by atoms with Gasteiger partial charge in [0.05, 0.1) is 17.7 Å². The number of hydrogen-bond acceptors (Lipinski definition) is 5. The Hall–Kier alpha value is -1.98. The van der Waals surface area contributed by atoms with Crippen LogP contribution in [0.5, 0.6) is 5.88 Å². The van der Waals surface area contributed by atoms with E-state index < -0.39 is 5.41 Å². The Labute approximate surface area is 119 Å². The van der Waals surface area contributed by atoms with Crippen LogP contribution in [-0.2, 0) is 4.79 Å². The molecule has 0 saturated carbocycles. The molecule has 1 aliphatic rings. The normalized spacial score (nSPS) is 22.0. The van der Waals surface area contributed by atoms with Crippen molar-refractivity contribution in [1.82, 2.24) is 4.98 Å². The molecule has 1 fully saturated rings. The summed E-state index contributed by atoms with van der Waals surface area (Å²) in [4.78, 5) is 18.0. The van der Waals surface area contributed by atoms with Crippen LogP contribution in [0.15, 0.2) is 12.1 Å². The molecule has 110 valence electrons. The fraction of sp³-hybridized carbons (Fsp3) is 0.571. The average Bonchev–Trinajstić information content (AvgIpc) is 2.82. The fourth-order valence-electron chi connectivity index (χ4n) is 2.29. The number of carbonyl (C=O) groups excluding carboxylic acids is 1. The summed E-state index contributed by atoms with van der Waals surface area (Å²) in [6, 6.07) is 3.63. The third kappa shape index (κ3) is 2.79. The number of hydrogen-bond donors (Lipinski definition) is 2. The van der Waals surface area contributed by atoms with Gasteiger partial charge in [-0.1, -0.05) is 6.92 Å². The highest BCUT2D eigenvalue weighted by molar-refractivity contribution is 5.82. The number of rotatable bonds is 5. The zero-order valence-electron chi connectivity index (χ0n) is 12.1.